The maximum atomic E-state index is 12.4. The highest BCUT2D eigenvalue weighted by Crippen LogP contribution is 2.26. The third-order valence-electron chi connectivity index (χ3n) is 3.75. The Bertz CT molecular complexity index is 901. The zero-order valence-corrected chi connectivity index (χ0v) is 16.8. The van der Waals surface area contributed by atoms with Crippen molar-refractivity contribution in [2.75, 3.05) is 17.7 Å². The molecule has 0 radical (unpaired) electrons. The number of ether oxygens (including phenoxy) is 2. The fraction of sp³-hybridized carbons (Fsp3) is 0.211. The van der Waals surface area contributed by atoms with Gasteiger partial charge in [-0.3, -0.25) is 4.79 Å². The summed E-state index contributed by atoms with van der Waals surface area (Å²) in [5.41, 5.74) is 0.765. The van der Waals surface area contributed by atoms with Crippen LogP contribution in [0.5, 0.6) is 0 Å². The first kappa shape index (κ1) is 20.5. The molecule has 146 valence electrons. The van der Waals surface area contributed by atoms with E-state index in [1.165, 1.54) is 11.8 Å². The lowest BCUT2D eigenvalue weighted by atomic mass is 10.2. The Morgan fingerprint density at radius 3 is 2.57 bits per heavy atom. The third kappa shape index (κ3) is 5.41. The van der Waals surface area contributed by atoms with E-state index in [1.54, 1.807) is 42.5 Å². The van der Waals surface area contributed by atoms with Crippen molar-refractivity contribution in [2.45, 2.75) is 17.4 Å². The van der Waals surface area contributed by atoms with Crippen LogP contribution in [0.15, 0.2) is 47.4 Å². The van der Waals surface area contributed by atoms with Crippen LogP contribution in [0.2, 0.25) is 10.0 Å². The highest BCUT2D eigenvalue weighted by atomic mass is 35.5. The molecule has 1 N–H and O–H groups in total. The van der Waals surface area contributed by atoms with Gasteiger partial charge < -0.3 is 14.8 Å². The van der Waals surface area contributed by atoms with Gasteiger partial charge in [-0.05, 0) is 30.3 Å². The molecule has 0 spiro atoms. The monoisotopic (exact) mass is 439 g/mol. The first-order valence-corrected chi connectivity index (χ1v) is 10.0. The number of cyclic esters (lactones) is 1. The van der Waals surface area contributed by atoms with Crippen LogP contribution in [0, 0.1) is 0 Å². The summed E-state index contributed by atoms with van der Waals surface area (Å²) in [5.74, 6) is -1.40. The molecule has 9 heteroatoms. The van der Waals surface area contributed by atoms with Crippen LogP contribution in [-0.2, 0) is 19.1 Å². The van der Waals surface area contributed by atoms with Gasteiger partial charge in [0, 0.05) is 27.0 Å². The van der Waals surface area contributed by atoms with E-state index in [0.29, 0.717) is 27.0 Å². The highest BCUT2D eigenvalue weighted by Gasteiger charge is 2.31. The van der Waals surface area contributed by atoms with Gasteiger partial charge in [0.25, 0.3) is 0 Å². The Hall–Kier alpha value is -2.22. The summed E-state index contributed by atoms with van der Waals surface area (Å²) in [6.45, 7) is 0.237. The number of benzene rings is 2. The van der Waals surface area contributed by atoms with Crippen molar-refractivity contribution in [1.82, 2.24) is 0 Å². The van der Waals surface area contributed by atoms with Crippen molar-refractivity contribution in [3.63, 3.8) is 0 Å². The third-order valence-corrected chi connectivity index (χ3v) is 5.26. The number of nitrogens with one attached hydrogen (secondary N) is 1. The molecule has 2 aromatic rings. The molecule has 0 aliphatic carbocycles. The predicted octanol–water partition coefficient (Wildman–Crippen LogP) is 4.20. The molecule has 28 heavy (non-hydrogen) atoms. The minimum absolute atomic E-state index is 0.0555. The molecular formula is C19H15Cl2NO5S. The molecule has 1 saturated heterocycles. The number of amides is 1. The van der Waals surface area contributed by atoms with Gasteiger partial charge in [-0.2, -0.15) is 0 Å². The summed E-state index contributed by atoms with van der Waals surface area (Å²) >= 11 is 13.0. The second-order valence-corrected chi connectivity index (χ2v) is 7.73. The summed E-state index contributed by atoms with van der Waals surface area (Å²) in [7, 11) is 0. The summed E-state index contributed by atoms with van der Waals surface area (Å²) in [6, 6.07) is 11.5. The van der Waals surface area contributed by atoms with Gasteiger partial charge in [-0.15, -0.1) is 11.8 Å². The number of carbonyl (C=O) groups is 3. The smallest absolute Gasteiger partial charge is 0.347 e. The number of thioether (sulfide) groups is 1. The number of esters is 2. The second-order valence-electron chi connectivity index (χ2n) is 5.84. The molecule has 1 aliphatic rings. The Kier molecular flexibility index (Phi) is 6.83. The number of halogens is 2. The molecule has 2 aromatic carbocycles. The molecule has 1 aliphatic heterocycles. The molecule has 0 bridgehead atoms. The second kappa shape index (κ2) is 9.32. The maximum Gasteiger partial charge on any atom is 0.347 e. The Morgan fingerprint density at radius 1 is 1.18 bits per heavy atom. The largest absolute Gasteiger partial charge is 0.463 e. The van der Waals surface area contributed by atoms with Crippen molar-refractivity contribution < 1.29 is 23.9 Å². The van der Waals surface area contributed by atoms with Crippen molar-refractivity contribution >= 4 is 58.5 Å². The zero-order valence-electron chi connectivity index (χ0n) is 14.4. The van der Waals surface area contributed by atoms with Crippen molar-refractivity contribution in [1.29, 1.82) is 0 Å². The first-order chi connectivity index (χ1) is 13.4. The van der Waals surface area contributed by atoms with E-state index < -0.39 is 18.0 Å². The van der Waals surface area contributed by atoms with E-state index in [0.717, 1.165) is 0 Å². The quantitative estimate of drug-likeness (QED) is 0.536. The predicted molar refractivity (Wildman–Crippen MR) is 107 cm³/mol. The molecule has 0 aromatic heterocycles. The number of carbonyl (C=O) groups excluding carboxylic acids is 3. The SMILES string of the molecule is O=C(CSc1ccccc1C(=O)OC1CCOC1=O)Nc1cc(Cl)cc(Cl)c1. The molecule has 3 rings (SSSR count). The van der Waals surface area contributed by atoms with Gasteiger partial charge in [0.15, 0.2) is 0 Å². The molecule has 1 amide bonds. The first-order valence-electron chi connectivity index (χ1n) is 8.28. The molecule has 1 fully saturated rings. The Balaban J connectivity index is 1.62. The summed E-state index contributed by atoms with van der Waals surface area (Å²) < 4.78 is 10.0. The van der Waals surface area contributed by atoms with Gasteiger partial charge in [-0.1, -0.05) is 35.3 Å². The summed E-state index contributed by atoms with van der Waals surface area (Å²) in [4.78, 5) is 36.7. The van der Waals surface area contributed by atoms with Crippen LogP contribution in [-0.4, -0.2) is 36.3 Å². The summed E-state index contributed by atoms with van der Waals surface area (Å²) in [5, 5.41) is 3.52. The van der Waals surface area contributed by atoms with E-state index in [9.17, 15) is 14.4 Å². The minimum Gasteiger partial charge on any atom is -0.463 e. The maximum absolute atomic E-state index is 12.4. The van der Waals surface area contributed by atoms with Gasteiger partial charge in [-0.25, -0.2) is 9.59 Å². The molecular weight excluding hydrogens is 425 g/mol. The number of hydrogen-bond acceptors (Lipinski definition) is 6. The van der Waals surface area contributed by atoms with E-state index in [-0.39, 0.29) is 23.8 Å². The average Bonchev–Trinajstić information content (AvgIpc) is 3.04. The minimum atomic E-state index is -0.888. The lowest BCUT2D eigenvalue weighted by Crippen LogP contribution is -2.23. The van der Waals surface area contributed by atoms with Crippen LogP contribution >= 0.6 is 35.0 Å². The molecule has 0 saturated carbocycles. The molecule has 1 atom stereocenters. The lowest BCUT2D eigenvalue weighted by Gasteiger charge is -2.12. The Morgan fingerprint density at radius 2 is 1.89 bits per heavy atom. The van der Waals surface area contributed by atoms with Crippen LogP contribution in [0.4, 0.5) is 5.69 Å². The van der Waals surface area contributed by atoms with Crippen molar-refractivity contribution in [2.24, 2.45) is 0 Å². The normalized spacial score (nSPS) is 15.8. The topological polar surface area (TPSA) is 81.7 Å². The van der Waals surface area contributed by atoms with Gasteiger partial charge in [0.05, 0.1) is 17.9 Å². The number of rotatable bonds is 6. The highest BCUT2D eigenvalue weighted by molar-refractivity contribution is 8.00. The van der Waals surface area contributed by atoms with Crippen molar-refractivity contribution in [3.05, 3.63) is 58.1 Å². The van der Waals surface area contributed by atoms with Gasteiger partial charge >= 0.3 is 11.9 Å². The van der Waals surface area contributed by atoms with E-state index >= 15 is 0 Å². The number of hydrogen-bond donors (Lipinski definition) is 1. The van der Waals surface area contributed by atoms with E-state index in [2.05, 4.69) is 5.32 Å². The van der Waals surface area contributed by atoms with Crippen molar-refractivity contribution in [3.8, 4) is 0 Å². The Labute approximate surface area is 175 Å². The standard InChI is InChI=1S/C19H15Cl2NO5S/c20-11-7-12(21)9-13(8-11)22-17(23)10-28-16-4-2-1-3-14(16)18(24)27-15-5-6-26-19(15)25/h1-4,7-9,15H,5-6,10H2,(H,22,23). The van der Waals surface area contributed by atoms with Crippen LogP contribution in [0.1, 0.15) is 16.8 Å². The molecule has 6 nitrogen and oxygen atoms in total. The van der Waals surface area contributed by atoms with Crippen LogP contribution < -0.4 is 5.32 Å². The number of anilines is 1. The zero-order chi connectivity index (χ0) is 20.1. The fourth-order valence-electron chi connectivity index (χ4n) is 2.50. The molecule has 1 heterocycles. The van der Waals surface area contributed by atoms with E-state index in [4.69, 9.17) is 32.7 Å². The van der Waals surface area contributed by atoms with Crippen LogP contribution in [0.25, 0.3) is 0 Å². The summed E-state index contributed by atoms with van der Waals surface area (Å²) in [6.07, 6.45) is -0.550. The van der Waals surface area contributed by atoms with E-state index in [1.807, 2.05) is 0 Å². The van der Waals surface area contributed by atoms with Crippen LogP contribution in [0.3, 0.4) is 0 Å². The average molecular weight is 440 g/mol. The van der Waals surface area contributed by atoms with Gasteiger partial charge in [0.2, 0.25) is 12.0 Å². The lowest BCUT2D eigenvalue weighted by molar-refractivity contribution is -0.145. The molecule has 1 unspecified atom stereocenters. The fourth-order valence-corrected chi connectivity index (χ4v) is 3.87. The van der Waals surface area contributed by atoms with Gasteiger partial charge in [0.1, 0.15) is 0 Å².